The number of carbonyl (C=O) groups excluding carboxylic acids is 1. The predicted octanol–water partition coefficient (Wildman–Crippen LogP) is 2.78. The maximum atomic E-state index is 13.3. The van der Waals surface area contributed by atoms with Crippen molar-refractivity contribution in [2.24, 2.45) is 7.05 Å². The minimum absolute atomic E-state index is 0.238. The zero-order chi connectivity index (χ0) is 21.4. The first-order valence-corrected chi connectivity index (χ1v) is 11.0. The number of carbonyl (C=O) groups is 1. The number of rotatable bonds is 4. The molecule has 0 aliphatic carbocycles. The number of hydrogen-bond acceptors (Lipinski definition) is 6. The molecule has 1 atom stereocenters. The fraction of sp³-hybridized carbons (Fsp3) is 0.435. The average molecular weight is 421 g/mol. The highest BCUT2D eigenvalue weighted by Gasteiger charge is 2.26. The Morgan fingerprint density at radius 1 is 1.13 bits per heavy atom. The Morgan fingerprint density at radius 2 is 1.97 bits per heavy atom. The number of anilines is 3. The molecule has 0 saturated carbocycles. The predicted molar refractivity (Wildman–Crippen MR) is 122 cm³/mol. The van der Waals surface area contributed by atoms with E-state index >= 15 is 0 Å². The monoisotopic (exact) mass is 420 g/mol. The van der Waals surface area contributed by atoms with Gasteiger partial charge < -0.3 is 20.2 Å². The van der Waals surface area contributed by atoms with Crippen molar-refractivity contribution in [1.29, 1.82) is 0 Å². The van der Waals surface area contributed by atoms with Gasteiger partial charge in [-0.2, -0.15) is 5.10 Å². The number of β-amino-alcohol motifs (C(OH)–C–C–N with tert-alkyl or cyclic N) is 1. The molecule has 0 bridgehead atoms. The maximum absolute atomic E-state index is 13.3. The lowest BCUT2D eigenvalue weighted by Crippen LogP contribution is -2.31. The summed E-state index contributed by atoms with van der Waals surface area (Å²) in [7, 11) is 1.91. The summed E-state index contributed by atoms with van der Waals surface area (Å²) in [4.78, 5) is 22.1. The molecule has 8 nitrogen and oxygen atoms in total. The summed E-state index contributed by atoms with van der Waals surface area (Å²) in [6.45, 7) is 3.18. The van der Waals surface area contributed by atoms with Crippen LogP contribution in [0.2, 0.25) is 0 Å². The topological polar surface area (TPSA) is 86.5 Å². The number of aromatic nitrogens is 3. The standard InChI is InChI=1S/C23H28N6O2/c1-27-14-16-12-19(21(13-18(16)26-27)28-9-3-2-4-10-28)25-23(31)22-20(6-5-8-24-22)29-11-7-17(30)15-29/h5-6,8,12-14,17,30H,2-4,7,9-11,15H2,1H3,(H,25,31). The number of piperidine rings is 1. The van der Waals surface area contributed by atoms with Gasteiger partial charge in [-0.15, -0.1) is 0 Å². The van der Waals surface area contributed by atoms with E-state index in [-0.39, 0.29) is 12.0 Å². The minimum atomic E-state index is -0.366. The van der Waals surface area contributed by atoms with Gasteiger partial charge in [-0.05, 0) is 49.9 Å². The van der Waals surface area contributed by atoms with Gasteiger partial charge in [-0.1, -0.05) is 0 Å². The van der Waals surface area contributed by atoms with Crippen molar-refractivity contribution in [1.82, 2.24) is 14.8 Å². The lowest BCUT2D eigenvalue weighted by Gasteiger charge is -2.30. The van der Waals surface area contributed by atoms with E-state index in [2.05, 4.69) is 26.4 Å². The third-order valence-electron chi connectivity index (χ3n) is 6.19. The zero-order valence-corrected chi connectivity index (χ0v) is 17.8. The van der Waals surface area contributed by atoms with Gasteiger partial charge in [0.15, 0.2) is 5.69 Å². The van der Waals surface area contributed by atoms with Crippen LogP contribution in [0.1, 0.15) is 36.2 Å². The van der Waals surface area contributed by atoms with Gasteiger partial charge >= 0.3 is 0 Å². The first-order chi connectivity index (χ1) is 15.1. The maximum Gasteiger partial charge on any atom is 0.276 e. The molecule has 2 aliphatic rings. The molecule has 31 heavy (non-hydrogen) atoms. The summed E-state index contributed by atoms with van der Waals surface area (Å²) >= 11 is 0. The second-order valence-electron chi connectivity index (χ2n) is 8.49. The molecule has 3 aromatic rings. The molecule has 5 rings (SSSR count). The highest BCUT2D eigenvalue weighted by Crippen LogP contribution is 2.34. The van der Waals surface area contributed by atoms with E-state index in [1.807, 2.05) is 36.3 Å². The Hall–Kier alpha value is -3.13. The Bertz CT molecular complexity index is 1100. The largest absolute Gasteiger partial charge is 0.391 e. The number of aryl methyl sites for hydroxylation is 1. The van der Waals surface area contributed by atoms with Crippen LogP contribution in [0.4, 0.5) is 17.1 Å². The third-order valence-corrected chi connectivity index (χ3v) is 6.19. The summed E-state index contributed by atoms with van der Waals surface area (Å²) in [6, 6.07) is 7.81. The van der Waals surface area contributed by atoms with Crippen LogP contribution in [0.15, 0.2) is 36.7 Å². The molecule has 2 fully saturated rings. The lowest BCUT2D eigenvalue weighted by molar-refractivity contribution is 0.102. The van der Waals surface area contributed by atoms with E-state index in [1.165, 1.54) is 6.42 Å². The van der Waals surface area contributed by atoms with E-state index in [0.29, 0.717) is 25.2 Å². The quantitative estimate of drug-likeness (QED) is 0.675. The smallest absolute Gasteiger partial charge is 0.276 e. The Kier molecular flexibility index (Phi) is 5.23. The van der Waals surface area contributed by atoms with Crippen LogP contribution in [-0.4, -0.2) is 58.1 Å². The second-order valence-corrected chi connectivity index (χ2v) is 8.49. The number of aliphatic hydroxyl groups excluding tert-OH is 1. The molecule has 162 valence electrons. The van der Waals surface area contributed by atoms with Crippen molar-refractivity contribution in [3.8, 4) is 0 Å². The minimum Gasteiger partial charge on any atom is -0.391 e. The van der Waals surface area contributed by atoms with E-state index in [0.717, 1.165) is 53.9 Å². The molecule has 8 heteroatoms. The fourth-order valence-electron chi connectivity index (χ4n) is 4.65. The number of pyridine rings is 1. The van der Waals surface area contributed by atoms with Crippen molar-refractivity contribution in [2.45, 2.75) is 31.8 Å². The molecule has 4 heterocycles. The summed E-state index contributed by atoms with van der Waals surface area (Å²) in [5, 5.41) is 18.6. The molecule has 2 aromatic heterocycles. The Balaban J connectivity index is 1.49. The highest BCUT2D eigenvalue weighted by molar-refractivity contribution is 6.09. The van der Waals surface area contributed by atoms with Gasteiger partial charge in [0, 0.05) is 51.0 Å². The lowest BCUT2D eigenvalue weighted by atomic mass is 10.1. The van der Waals surface area contributed by atoms with Gasteiger partial charge in [0.05, 0.1) is 28.7 Å². The number of hydrogen-bond donors (Lipinski definition) is 2. The number of nitrogens with one attached hydrogen (secondary N) is 1. The van der Waals surface area contributed by atoms with Gasteiger partial charge in [0.25, 0.3) is 5.91 Å². The van der Waals surface area contributed by atoms with Crippen LogP contribution >= 0.6 is 0 Å². The van der Waals surface area contributed by atoms with Crippen LogP contribution in [0.25, 0.3) is 10.9 Å². The number of aliphatic hydroxyl groups is 1. The molecular formula is C23H28N6O2. The Morgan fingerprint density at radius 3 is 2.74 bits per heavy atom. The third kappa shape index (κ3) is 3.95. The number of fused-ring (bicyclic) bond motifs is 1. The van der Waals surface area contributed by atoms with Crippen molar-refractivity contribution in [3.05, 3.63) is 42.4 Å². The van der Waals surface area contributed by atoms with Crippen LogP contribution in [0.3, 0.4) is 0 Å². The first-order valence-electron chi connectivity index (χ1n) is 11.0. The average Bonchev–Trinajstić information content (AvgIpc) is 3.38. The SMILES string of the molecule is Cn1cc2cc(NC(=O)c3ncccc3N3CCC(O)C3)c(N3CCCCC3)cc2n1. The van der Waals surface area contributed by atoms with Gasteiger partial charge in [-0.25, -0.2) is 4.98 Å². The summed E-state index contributed by atoms with van der Waals surface area (Å²) in [5.74, 6) is -0.238. The summed E-state index contributed by atoms with van der Waals surface area (Å²) in [6.07, 6.45) is 7.47. The van der Waals surface area contributed by atoms with Crippen molar-refractivity contribution >= 4 is 33.9 Å². The molecule has 1 amide bonds. The van der Waals surface area contributed by atoms with Gasteiger partial charge in [0.1, 0.15) is 0 Å². The van der Waals surface area contributed by atoms with Crippen LogP contribution < -0.4 is 15.1 Å². The van der Waals surface area contributed by atoms with Crippen molar-refractivity contribution < 1.29 is 9.90 Å². The van der Waals surface area contributed by atoms with E-state index in [9.17, 15) is 9.90 Å². The number of nitrogens with zero attached hydrogens (tertiary/aromatic N) is 5. The number of benzene rings is 1. The fourth-order valence-corrected chi connectivity index (χ4v) is 4.65. The van der Waals surface area contributed by atoms with Crippen LogP contribution in [0.5, 0.6) is 0 Å². The van der Waals surface area contributed by atoms with Crippen LogP contribution in [0, 0.1) is 0 Å². The van der Waals surface area contributed by atoms with E-state index in [1.54, 1.807) is 10.9 Å². The Labute approximate surface area is 181 Å². The van der Waals surface area contributed by atoms with E-state index in [4.69, 9.17) is 0 Å². The van der Waals surface area contributed by atoms with Gasteiger partial charge in [0.2, 0.25) is 0 Å². The molecule has 2 N–H and O–H groups in total. The highest BCUT2D eigenvalue weighted by atomic mass is 16.3. The summed E-state index contributed by atoms with van der Waals surface area (Å²) < 4.78 is 1.80. The van der Waals surface area contributed by atoms with Crippen molar-refractivity contribution in [2.75, 3.05) is 41.3 Å². The number of amides is 1. The molecule has 2 saturated heterocycles. The first kappa shape index (κ1) is 19.8. The normalized spacial score (nSPS) is 19.2. The molecule has 2 aliphatic heterocycles. The molecular weight excluding hydrogens is 392 g/mol. The van der Waals surface area contributed by atoms with Crippen molar-refractivity contribution in [3.63, 3.8) is 0 Å². The molecule has 0 radical (unpaired) electrons. The van der Waals surface area contributed by atoms with E-state index < -0.39 is 0 Å². The second kappa shape index (κ2) is 8.19. The molecule has 1 aromatic carbocycles. The molecule has 1 unspecified atom stereocenters. The van der Waals surface area contributed by atoms with Crippen LogP contribution in [-0.2, 0) is 7.05 Å². The summed E-state index contributed by atoms with van der Waals surface area (Å²) in [5.41, 5.74) is 3.86. The molecule has 0 spiro atoms. The zero-order valence-electron chi connectivity index (χ0n) is 17.8. The van der Waals surface area contributed by atoms with Gasteiger partial charge in [-0.3, -0.25) is 9.48 Å².